The molecule has 0 aliphatic carbocycles. The summed E-state index contributed by atoms with van der Waals surface area (Å²) < 4.78 is 11.3. The third-order valence-electron chi connectivity index (χ3n) is 4.74. The van der Waals surface area contributed by atoms with Crippen LogP contribution < -0.4 is 25.4 Å². The molecule has 2 aromatic carbocycles. The van der Waals surface area contributed by atoms with Gasteiger partial charge in [0, 0.05) is 32.2 Å². The number of nitrogens with one attached hydrogen (secondary N) is 3. The third kappa shape index (κ3) is 9.89. The molecule has 2 rings (SSSR count). The molecule has 8 heteroatoms. The van der Waals surface area contributed by atoms with Gasteiger partial charge < -0.3 is 25.4 Å². The molecule has 0 heterocycles. The van der Waals surface area contributed by atoms with E-state index >= 15 is 0 Å². The molecule has 0 saturated carbocycles. The maximum Gasteiger partial charge on any atom is 0.251 e. The number of carbonyl (C=O) groups is 1. The number of hydrogen-bond acceptors (Lipinski definition) is 4. The Hall–Kier alpha value is -2.49. The molecule has 0 atom stereocenters. The van der Waals surface area contributed by atoms with Crippen LogP contribution in [0.25, 0.3) is 0 Å². The molecule has 0 fully saturated rings. The Bertz CT molecular complexity index is 890. The Morgan fingerprint density at radius 3 is 2.33 bits per heavy atom. The van der Waals surface area contributed by atoms with Crippen molar-refractivity contribution in [2.24, 2.45) is 4.99 Å². The van der Waals surface area contributed by atoms with Crippen LogP contribution in [-0.4, -0.2) is 51.8 Å². The summed E-state index contributed by atoms with van der Waals surface area (Å²) in [5, 5.41) is 9.31. The standard InChI is InChI=1S/C25H36N4O3.HI/c1-5-27-25(28-15-13-19-9-8-10-21(17-19)24(30)26-4)29-16-14-20-11-12-22(31-6-2)23(18-20)32-7-3;/h8-12,17-18H,5-7,13-16H2,1-4H3,(H,26,30)(H2,27,28,29);1H. The van der Waals surface area contributed by atoms with Gasteiger partial charge in [-0.25, -0.2) is 0 Å². The lowest BCUT2D eigenvalue weighted by molar-refractivity contribution is 0.0963. The van der Waals surface area contributed by atoms with Crippen LogP contribution in [0.5, 0.6) is 11.5 Å². The van der Waals surface area contributed by atoms with Crippen LogP contribution in [0.3, 0.4) is 0 Å². The number of hydrogen-bond donors (Lipinski definition) is 3. The fraction of sp³-hybridized carbons (Fsp3) is 0.440. The van der Waals surface area contributed by atoms with Gasteiger partial charge in [0.2, 0.25) is 0 Å². The Labute approximate surface area is 214 Å². The summed E-state index contributed by atoms with van der Waals surface area (Å²) in [6, 6.07) is 13.7. The van der Waals surface area contributed by atoms with Crippen molar-refractivity contribution >= 4 is 35.8 Å². The van der Waals surface area contributed by atoms with Gasteiger partial charge in [-0.05, 0) is 69.0 Å². The van der Waals surface area contributed by atoms with Crippen LogP contribution in [0, 0.1) is 0 Å². The molecule has 3 N–H and O–H groups in total. The van der Waals surface area contributed by atoms with Gasteiger partial charge in [0.1, 0.15) is 0 Å². The lowest BCUT2D eigenvalue weighted by atomic mass is 10.1. The van der Waals surface area contributed by atoms with Gasteiger partial charge in [-0.3, -0.25) is 9.79 Å². The molecule has 0 bridgehead atoms. The SMILES string of the molecule is CCNC(=NCCc1ccc(OCC)c(OCC)c1)NCCc1cccc(C(=O)NC)c1.I. The van der Waals surface area contributed by atoms with Crippen LogP contribution in [0.2, 0.25) is 0 Å². The monoisotopic (exact) mass is 568 g/mol. The fourth-order valence-corrected chi connectivity index (χ4v) is 3.23. The zero-order valence-electron chi connectivity index (χ0n) is 20.1. The van der Waals surface area contributed by atoms with Crippen molar-refractivity contribution in [3.63, 3.8) is 0 Å². The van der Waals surface area contributed by atoms with E-state index in [9.17, 15) is 4.79 Å². The summed E-state index contributed by atoms with van der Waals surface area (Å²) in [4.78, 5) is 16.5. The topological polar surface area (TPSA) is 84.0 Å². The van der Waals surface area contributed by atoms with Crippen LogP contribution in [0.4, 0.5) is 0 Å². The van der Waals surface area contributed by atoms with Gasteiger partial charge in [-0.2, -0.15) is 0 Å². The first-order valence-corrected chi connectivity index (χ1v) is 11.3. The molecular weight excluding hydrogens is 531 g/mol. The van der Waals surface area contributed by atoms with Gasteiger partial charge in [-0.1, -0.05) is 18.2 Å². The van der Waals surface area contributed by atoms with Crippen molar-refractivity contribution in [1.82, 2.24) is 16.0 Å². The quantitative estimate of drug-likeness (QED) is 0.206. The molecule has 1 amide bonds. The van der Waals surface area contributed by atoms with Crippen LogP contribution >= 0.6 is 24.0 Å². The van der Waals surface area contributed by atoms with Crippen molar-refractivity contribution in [2.45, 2.75) is 33.6 Å². The molecule has 0 unspecified atom stereocenters. The van der Waals surface area contributed by atoms with Crippen molar-refractivity contribution in [1.29, 1.82) is 0 Å². The van der Waals surface area contributed by atoms with E-state index in [1.165, 1.54) is 0 Å². The molecule has 0 aliphatic rings. The summed E-state index contributed by atoms with van der Waals surface area (Å²) in [6.45, 7) is 9.35. The molecule has 2 aromatic rings. The minimum absolute atomic E-state index is 0. The number of carbonyl (C=O) groups excluding carboxylic acids is 1. The van der Waals surface area contributed by atoms with E-state index in [0.717, 1.165) is 54.5 Å². The van der Waals surface area contributed by atoms with Crippen LogP contribution in [0.15, 0.2) is 47.5 Å². The highest BCUT2D eigenvalue weighted by molar-refractivity contribution is 14.0. The van der Waals surface area contributed by atoms with E-state index in [0.29, 0.717) is 25.3 Å². The van der Waals surface area contributed by atoms with E-state index in [2.05, 4.69) is 22.0 Å². The van der Waals surface area contributed by atoms with Gasteiger partial charge >= 0.3 is 0 Å². The highest BCUT2D eigenvalue weighted by atomic mass is 127. The summed E-state index contributed by atoms with van der Waals surface area (Å²) in [6.07, 6.45) is 1.60. The Morgan fingerprint density at radius 1 is 0.909 bits per heavy atom. The number of nitrogens with zero attached hydrogens (tertiary/aromatic N) is 1. The van der Waals surface area contributed by atoms with Crippen molar-refractivity contribution < 1.29 is 14.3 Å². The van der Waals surface area contributed by atoms with E-state index in [1.807, 2.05) is 57.2 Å². The highest BCUT2D eigenvalue weighted by Gasteiger charge is 2.07. The molecule has 0 spiro atoms. The van der Waals surface area contributed by atoms with Crippen molar-refractivity contribution in [3.8, 4) is 11.5 Å². The first-order valence-electron chi connectivity index (χ1n) is 11.3. The Balaban J connectivity index is 0.00000544. The smallest absolute Gasteiger partial charge is 0.251 e. The van der Waals surface area contributed by atoms with Crippen molar-refractivity contribution in [3.05, 3.63) is 59.2 Å². The van der Waals surface area contributed by atoms with Gasteiger partial charge in [-0.15, -0.1) is 24.0 Å². The second-order valence-corrected chi connectivity index (χ2v) is 7.11. The number of rotatable bonds is 12. The molecule has 33 heavy (non-hydrogen) atoms. The summed E-state index contributed by atoms with van der Waals surface area (Å²) in [7, 11) is 1.64. The Kier molecular flexibility index (Phi) is 14.0. The lowest BCUT2D eigenvalue weighted by Gasteiger charge is -2.13. The summed E-state index contributed by atoms with van der Waals surface area (Å²) >= 11 is 0. The summed E-state index contributed by atoms with van der Waals surface area (Å²) in [5.41, 5.74) is 2.93. The van der Waals surface area contributed by atoms with E-state index in [4.69, 9.17) is 14.5 Å². The molecule has 7 nitrogen and oxygen atoms in total. The van der Waals surface area contributed by atoms with Gasteiger partial charge in [0.25, 0.3) is 5.91 Å². The number of halogens is 1. The molecule has 0 aliphatic heterocycles. The van der Waals surface area contributed by atoms with Crippen molar-refractivity contribution in [2.75, 3.05) is 39.9 Å². The molecule has 0 aromatic heterocycles. The zero-order chi connectivity index (χ0) is 23.2. The number of amides is 1. The normalized spacial score (nSPS) is 10.7. The maximum atomic E-state index is 11.8. The average Bonchev–Trinajstić information content (AvgIpc) is 2.80. The zero-order valence-corrected chi connectivity index (χ0v) is 22.4. The number of benzene rings is 2. The fourth-order valence-electron chi connectivity index (χ4n) is 3.23. The molecule has 0 saturated heterocycles. The second kappa shape index (κ2) is 16.2. The summed E-state index contributed by atoms with van der Waals surface area (Å²) in [5.74, 6) is 2.26. The number of guanidine groups is 1. The predicted molar refractivity (Wildman–Crippen MR) is 145 cm³/mol. The first-order chi connectivity index (χ1) is 15.6. The Morgan fingerprint density at radius 2 is 1.64 bits per heavy atom. The largest absolute Gasteiger partial charge is 0.490 e. The second-order valence-electron chi connectivity index (χ2n) is 7.11. The molecule has 0 radical (unpaired) electrons. The maximum absolute atomic E-state index is 11.8. The minimum Gasteiger partial charge on any atom is -0.490 e. The molecular formula is C25H37IN4O3. The van der Waals surface area contributed by atoms with Crippen LogP contribution in [0.1, 0.15) is 42.3 Å². The predicted octanol–water partition coefficient (Wildman–Crippen LogP) is 3.80. The van der Waals surface area contributed by atoms with Crippen LogP contribution in [-0.2, 0) is 12.8 Å². The van der Waals surface area contributed by atoms with Gasteiger partial charge in [0.15, 0.2) is 17.5 Å². The third-order valence-corrected chi connectivity index (χ3v) is 4.74. The van der Waals surface area contributed by atoms with E-state index in [-0.39, 0.29) is 29.9 Å². The number of ether oxygens (including phenoxy) is 2. The van der Waals surface area contributed by atoms with E-state index in [1.54, 1.807) is 7.05 Å². The lowest BCUT2D eigenvalue weighted by Crippen LogP contribution is -2.38. The average molecular weight is 569 g/mol. The van der Waals surface area contributed by atoms with E-state index < -0.39 is 0 Å². The first kappa shape index (κ1) is 28.5. The minimum atomic E-state index is -0.0727. The van der Waals surface area contributed by atoms with Gasteiger partial charge in [0.05, 0.1) is 13.2 Å². The highest BCUT2D eigenvalue weighted by Crippen LogP contribution is 2.28. The molecule has 182 valence electrons. The number of aliphatic imine (C=N–C) groups is 1.